The highest BCUT2D eigenvalue weighted by atomic mass is 16.5. The molecule has 5 rings (SSSR count). The van der Waals surface area contributed by atoms with Crippen molar-refractivity contribution in [3.63, 3.8) is 0 Å². The van der Waals surface area contributed by atoms with Crippen molar-refractivity contribution in [3.8, 4) is 5.75 Å². The fraction of sp³-hybridized carbons (Fsp3) is 0.393. The maximum Gasteiger partial charge on any atom is 0.331 e. The third-order valence-electron chi connectivity index (χ3n) is 6.67. The van der Waals surface area contributed by atoms with E-state index in [1.807, 2.05) is 37.3 Å². The second-order valence-corrected chi connectivity index (χ2v) is 9.32. The van der Waals surface area contributed by atoms with Gasteiger partial charge >= 0.3 is 5.97 Å². The molecular formula is C28H31N5O6. The van der Waals surface area contributed by atoms with Gasteiger partial charge in [0.1, 0.15) is 23.7 Å². The summed E-state index contributed by atoms with van der Waals surface area (Å²) >= 11 is 0. The normalized spacial score (nSPS) is 14.8. The summed E-state index contributed by atoms with van der Waals surface area (Å²) in [6.45, 7) is 7.28. The number of fused-ring (bicyclic) bond motifs is 1. The summed E-state index contributed by atoms with van der Waals surface area (Å²) in [5.74, 6) is 1.06. The lowest BCUT2D eigenvalue weighted by molar-refractivity contribution is -0.147. The molecule has 1 saturated heterocycles. The molecule has 1 aliphatic rings. The standard InChI is InChI=1S/C28H31N5O6/c1-3-37-28(35)23(15-20-7-5-4-6-8-20)33-26(29-30-31-33)18-38-25-10-9-22-24(34)16-21(39-27(22)19(25)2)17-32-11-13-36-14-12-32/h4-10,16,23H,3,11-15,17-18H2,1-2H3. The highest BCUT2D eigenvalue weighted by Crippen LogP contribution is 2.28. The van der Waals surface area contributed by atoms with Crippen LogP contribution in [-0.4, -0.2) is 64.0 Å². The number of esters is 1. The lowest BCUT2D eigenvalue weighted by Gasteiger charge is -2.25. The number of morpholine rings is 1. The highest BCUT2D eigenvalue weighted by Gasteiger charge is 2.27. The Morgan fingerprint density at radius 1 is 1.13 bits per heavy atom. The molecule has 11 heteroatoms. The van der Waals surface area contributed by atoms with E-state index in [0.29, 0.717) is 60.0 Å². The van der Waals surface area contributed by atoms with Crippen LogP contribution >= 0.6 is 0 Å². The summed E-state index contributed by atoms with van der Waals surface area (Å²) in [6.07, 6.45) is 0.365. The molecule has 2 aromatic carbocycles. The average Bonchev–Trinajstić information content (AvgIpc) is 3.41. The van der Waals surface area contributed by atoms with Gasteiger partial charge in [-0.25, -0.2) is 9.48 Å². The molecule has 39 heavy (non-hydrogen) atoms. The molecule has 1 fully saturated rings. The van der Waals surface area contributed by atoms with Crippen molar-refractivity contribution in [2.75, 3.05) is 32.9 Å². The van der Waals surface area contributed by atoms with E-state index in [1.165, 1.54) is 4.68 Å². The number of carbonyl (C=O) groups is 1. The Morgan fingerprint density at radius 2 is 1.92 bits per heavy atom. The number of aryl methyl sites for hydroxylation is 1. The number of nitrogens with zero attached hydrogens (tertiary/aromatic N) is 5. The van der Waals surface area contributed by atoms with E-state index in [4.69, 9.17) is 18.6 Å². The van der Waals surface area contributed by atoms with Gasteiger partial charge in [-0.05, 0) is 42.0 Å². The zero-order valence-corrected chi connectivity index (χ0v) is 22.0. The van der Waals surface area contributed by atoms with Gasteiger partial charge in [-0.1, -0.05) is 30.3 Å². The SMILES string of the molecule is CCOC(=O)C(Cc1ccccc1)n1nnnc1COc1ccc2c(=O)cc(CN3CCOCC3)oc2c1C. The summed E-state index contributed by atoms with van der Waals surface area (Å²) in [6, 6.07) is 13.8. The monoisotopic (exact) mass is 533 g/mol. The van der Waals surface area contributed by atoms with E-state index in [9.17, 15) is 9.59 Å². The quantitative estimate of drug-likeness (QED) is 0.281. The Labute approximate surface area is 225 Å². The van der Waals surface area contributed by atoms with Crippen molar-refractivity contribution in [1.29, 1.82) is 0 Å². The van der Waals surface area contributed by atoms with E-state index < -0.39 is 12.0 Å². The Morgan fingerprint density at radius 3 is 2.69 bits per heavy atom. The largest absolute Gasteiger partial charge is 0.485 e. The van der Waals surface area contributed by atoms with Gasteiger partial charge in [0.15, 0.2) is 17.3 Å². The average molecular weight is 534 g/mol. The summed E-state index contributed by atoms with van der Waals surface area (Å²) in [4.78, 5) is 27.9. The molecule has 0 spiro atoms. The van der Waals surface area contributed by atoms with E-state index in [2.05, 4.69) is 20.4 Å². The highest BCUT2D eigenvalue weighted by molar-refractivity contribution is 5.82. The van der Waals surface area contributed by atoms with Gasteiger partial charge in [0.25, 0.3) is 0 Å². The summed E-state index contributed by atoms with van der Waals surface area (Å²) in [5.41, 5.74) is 2.03. The van der Waals surface area contributed by atoms with Gasteiger partial charge in [0.05, 0.1) is 31.8 Å². The first-order valence-electron chi connectivity index (χ1n) is 13.0. The zero-order valence-electron chi connectivity index (χ0n) is 22.0. The van der Waals surface area contributed by atoms with Crippen LogP contribution in [0.1, 0.15) is 35.7 Å². The van der Waals surface area contributed by atoms with E-state index in [1.54, 1.807) is 25.1 Å². The Balaban J connectivity index is 1.37. The molecule has 1 unspecified atom stereocenters. The number of carbonyl (C=O) groups excluding carboxylic acids is 1. The molecule has 0 bridgehead atoms. The van der Waals surface area contributed by atoms with Gasteiger partial charge in [-0.2, -0.15) is 0 Å². The van der Waals surface area contributed by atoms with Crippen LogP contribution in [-0.2, 0) is 33.8 Å². The predicted molar refractivity (Wildman–Crippen MR) is 141 cm³/mol. The number of rotatable bonds is 10. The van der Waals surface area contributed by atoms with Gasteiger partial charge < -0.3 is 18.6 Å². The second-order valence-electron chi connectivity index (χ2n) is 9.32. The van der Waals surface area contributed by atoms with Crippen LogP contribution in [0.3, 0.4) is 0 Å². The van der Waals surface area contributed by atoms with Crippen molar-refractivity contribution >= 4 is 16.9 Å². The summed E-state index contributed by atoms with van der Waals surface area (Å²) in [7, 11) is 0. The molecule has 3 heterocycles. The molecule has 11 nitrogen and oxygen atoms in total. The maximum atomic E-state index is 12.8. The molecule has 0 amide bonds. The number of aromatic nitrogens is 4. The lowest BCUT2D eigenvalue weighted by atomic mass is 10.1. The van der Waals surface area contributed by atoms with Crippen molar-refractivity contribution in [2.24, 2.45) is 0 Å². The predicted octanol–water partition coefficient (Wildman–Crippen LogP) is 2.85. The van der Waals surface area contributed by atoms with E-state index in [0.717, 1.165) is 18.7 Å². The third kappa shape index (κ3) is 6.15. The van der Waals surface area contributed by atoms with Crippen LogP contribution in [0.4, 0.5) is 0 Å². The van der Waals surface area contributed by atoms with Gasteiger partial charge in [-0.15, -0.1) is 5.10 Å². The van der Waals surface area contributed by atoms with E-state index in [-0.39, 0.29) is 18.6 Å². The maximum absolute atomic E-state index is 12.8. The molecule has 204 valence electrons. The van der Waals surface area contributed by atoms with Crippen molar-refractivity contribution in [3.05, 3.63) is 81.5 Å². The first-order valence-corrected chi connectivity index (χ1v) is 13.0. The van der Waals surface area contributed by atoms with E-state index >= 15 is 0 Å². The zero-order chi connectivity index (χ0) is 27.2. The molecule has 1 atom stereocenters. The van der Waals surface area contributed by atoms with Crippen molar-refractivity contribution in [1.82, 2.24) is 25.1 Å². The summed E-state index contributed by atoms with van der Waals surface area (Å²) in [5, 5.41) is 12.5. The number of tetrazole rings is 1. The molecular weight excluding hydrogens is 502 g/mol. The molecule has 0 saturated carbocycles. The minimum atomic E-state index is -0.751. The number of hydrogen-bond acceptors (Lipinski definition) is 10. The molecule has 4 aromatic rings. The number of hydrogen-bond donors (Lipinski definition) is 0. The Bertz CT molecular complexity index is 1480. The number of ether oxygens (including phenoxy) is 3. The Hall–Kier alpha value is -4.09. The van der Waals surface area contributed by atoms with Crippen LogP contribution in [0.5, 0.6) is 5.75 Å². The smallest absolute Gasteiger partial charge is 0.331 e. The van der Waals surface area contributed by atoms with Gasteiger partial charge in [-0.3, -0.25) is 9.69 Å². The van der Waals surface area contributed by atoms with Crippen LogP contribution in [0, 0.1) is 6.92 Å². The van der Waals surface area contributed by atoms with Crippen LogP contribution in [0.2, 0.25) is 0 Å². The fourth-order valence-electron chi connectivity index (χ4n) is 4.63. The molecule has 1 aliphatic heterocycles. The fourth-order valence-corrected chi connectivity index (χ4v) is 4.63. The van der Waals surface area contributed by atoms with Crippen LogP contribution < -0.4 is 10.2 Å². The first-order chi connectivity index (χ1) is 19.0. The van der Waals surface area contributed by atoms with Gasteiger partial charge in [0.2, 0.25) is 0 Å². The molecule has 0 aliphatic carbocycles. The minimum Gasteiger partial charge on any atom is -0.485 e. The number of benzene rings is 2. The van der Waals surface area contributed by atoms with Gasteiger partial charge in [0, 0.05) is 31.1 Å². The molecule has 0 N–H and O–H groups in total. The lowest BCUT2D eigenvalue weighted by Crippen LogP contribution is -2.35. The molecule has 2 aromatic heterocycles. The third-order valence-corrected chi connectivity index (χ3v) is 6.67. The Kier molecular flexibility index (Phi) is 8.28. The molecule has 0 radical (unpaired) electrons. The van der Waals surface area contributed by atoms with Crippen LogP contribution in [0.15, 0.2) is 57.7 Å². The van der Waals surface area contributed by atoms with Crippen molar-refractivity contribution in [2.45, 2.75) is 39.5 Å². The first kappa shape index (κ1) is 26.5. The van der Waals surface area contributed by atoms with Crippen molar-refractivity contribution < 1.29 is 23.4 Å². The topological polar surface area (TPSA) is 122 Å². The second kappa shape index (κ2) is 12.2. The minimum absolute atomic E-state index is 0.00173. The van der Waals surface area contributed by atoms with Crippen LogP contribution in [0.25, 0.3) is 11.0 Å². The summed E-state index contributed by atoms with van der Waals surface area (Å²) < 4.78 is 24.4.